The number of aromatic amines is 1. The summed E-state index contributed by atoms with van der Waals surface area (Å²) in [5, 5.41) is 16.9. The number of aromatic nitrogens is 2. The van der Waals surface area contributed by atoms with Gasteiger partial charge < -0.3 is 37.5 Å². The van der Waals surface area contributed by atoms with Gasteiger partial charge in [0.25, 0.3) is 0 Å². The Morgan fingerprint density at radius 3 is 2.06 bits per heavy atom. The van der Waals surface area contributed by atoms with E-state index >= 15 is 0 Å². The third kappa shape index (κ3) is 9.17. The number of nitrogens with one attached hydrogen (secondary N) is 4. The molecule has 0 aliphatic heterocycles. The molecule has 190 valence electrons. The van der Waals surface area contributed by atoms with Crippen molar-refractivity contribution in [3.8, 4) is 0 Å². The van der Waals surface area contributed by atoms with Gasteiger partial charge in [0.05, 0.1) is 12.4 Å². The van der Waals surface area contributed by atoms with Crippen molar-refractivity contribution in [2.75, 3.05) is 0 Å². The summed E-state index contributed by atoms with van der Waals surface area (Å²) in [6.07, 6.45) is 2.56. The van der Waals surface area contributed by atoms with E-state index in [0.717, 1.165) is 0 Å². The summed E-state index contributed by atoms with van der Waals surface area (Å²) in [5.74, 6) is -4.56. The zero-order valence-electron chi connectivity index (χ0n) is 19.8. The van der Waals surface area contributed by atoms with E-state index in [1.165, 1.54) is 12.5 Å². The molecule has 34 heavy (non-hydrogen) atoms. The number of nitrogens with two attached hydrogens (primary N) is 2. The number of rotatable bonds is 14. The lowest BCUT2D eigenvalue weighted by Gasteiger charge is -2.27. The number of H-pyrrole nitrogens is 1. The van der Waals surface area contributed by atoms with Crippen LogP contribution in [0.5, 0.6) is 0 Å². The number of carbonyl (C=O) groups excluding carboxylic acids is 4. The molecule has 1 aromatic heterocycles. The van der Waals surface area contributed by atoms with Crippen molar-refractivity contribution < 1.29 is 29.1 Å². The topological polar surface area (TPSA) is 222 Å². The normalized spacial score (nSPS) is 14.7. The van der Waals surface area contributed by atoms with Gasteiger partial charge in [0, 0.05) is 24.7 Å². The maximum atomic E-state index is 13.1. The number of carboxylic acid groups (broad SMARTS) is 1. The molecule has 0 fully saturated rings. The van der Waals surface area contributed by atoms with Crippen molar-refractivity contribution in [1.82, 2.24) is 25.9 Å². The molecule has 4 unspecified atom stereocenters. The van der Waals surface area contributed by atoms with Crippen LogP contribution >= 0.6 is 0 Å². The van der Waals surface area contributed by atoms with Crippen LogP contribution in [0.2, 0.25) is 0 Å². The molecule has 1 aromatic rings. The van der Waals surface area contributed by atoms with Crippen molar-refractivity contribution in [1.29, 1.82) is 0 Å². The number of primary amides is 1. The van der Waals surface area contributed by atoms with Crippen molar-refractivity contribution in [3.63, 3.8) is 0 Å². The SMILES string of the molecule is CC(C)C(N)C(=O)NC(Cc1cnc[nH]1)C(=O)NC(C(=O)NC(CCC(N)=O)C(=O)O)C(C)C. The largest absolute Gasteiger partial charge is 0.480 e. The maximum Gasteiger partial charge on any atom is 0.326 e. The van der Waals surface area contributed by atoms with E-state index < -0.39 is 59.7 Å². The van der Waals surface area contributed by atoms with E-state index in [1.54, 1.807) is 27.7 Å². The predicted octanol–water partition coefficient (Wildman–Crippen LogP) is -1.60. The van der Waals surface area contributed by atoms with E-state index in [-0.39, 0.29) is 25.2 Å². The maximum absolute atomic E-state index is 13.1. The Bertz CT molecular complexity index is 856. The number of carboxylic acids is 1. The fourth-order valence-electron chi connectivity index (χ4n) is 2.99. The van der Waals surface area contributed by atoms with E-state index in [2.05, 4.69) is 25.9 Å². The van der Waals surface area contributed by atoms with Crippen molar-refractivity contribution in [2.24, 2.45) is 23.3 Å². The van der Waals surface area contributed by atoms with E-state index in [1.807, 2.05) is 0 Å². The third-order valence-corrected chi connectivity index (χ3v) is 5.17. The van der Waals surface area contributed by atoms with Crippen LogP contribution in [0.4, 0.5) is 0 Å². The minimum atomic E-state index is -1.36. The third-order valence-electron chi connectivity index (χ3n) is 5.17. The zero-order valence-corrected chi connectivity index (χ0v) is 19.8. The summed E-state index contributed by atoms with van der Waals surface area (Å²) < 4.78 is 0. The summed E-state index contributed by atoms with van der Waals surface area (Å²) >= 11 is 0. The molecule has 13 heteroatoms. The molecule has 13 nitrogen and oxygen atoms in total. The fraction of sp³-hybridized carbons (Fsp3) is 0.619. The number of nitrogens with zero attached hydrogens (tertiary/aromatic N) is 1. The van der Waals surface area contributed by atoms with Crippen molar-refractivity contribution in [2.45, 2.75) is 71.1 Å². The molecule has 0 aliphatic carbocycles. The fourth-order valence-corrected chi connectivity index (χ4v) is 2.99. The van der Waals surface area contributed by atoms with Gasteiger partial charge in [-0.25, -0.2) is 9.78 Å². The highest BCUT2D eigenvalue weighted by Crippen LogP contribution is 2.08. The van der Waals surface area contributed by atoms with Crippen LogP contribution in [0.1, 0.15) is 46.2 Å². The smallest absolute Gasteiger partial charge is 0.326 e. The first-order valence-electron chi connectivity index (χ1n) is 11.0. The monoisotopic (exact) mass is 481 g/mol. The van der Waals surface area contributed by atoms with Gasteiger partial charge in [0.1, 0.15) is 18.1 Å². The second-order valence-corrected chi connectivity index (χ2v) is 8.75. The molecule has 4 atom stereocenters. The standard InChI is InChI=1S/C21H35N7O6/c1-10(2)16(23)19(31)27-14(7-12-8-24-9-25-12)18(30)28-17(11(3)4)20(32)26-13(21(33)34)5-6-15(22)29/h8-11,13-14,16-17H,5-7,23H2,1-4H3,(H2,22,29)(H,24,25)(H,26,32)(H,27,31)(H,28,30)(H,33,34). The Morgan fingerprint density at radius 1 is 0.971 bits per heavy atom. The van der Waals surface area contributed by atoms with Crippen LogP contribution in [0.15, 0.2) is 12.5 Å². The highest BCUT2D eigenvalue weighted by atomic mass is 16.4. The first-order chi connectivity index (χ1) is 15.8. The highest BCUT2D eigenvalue weighted by Gasteiger charge is 2.32. The number of hydrogen-bond acceptors (Lipinski definition) is 7. The second-order valence-electron chi connectivity index (χ2n) is 8.75. The Labute approximate surface area is 197 Å². The molecule has 0 spiro atoms. The van der Waals surface area contributed by atoms with Gasteiger partial charge in [0.2, 0.25) is 23.6 Å². The van der Waals surface area contributed by atoms with E-state index in [9.17, 15) is 29.1 Å². The van der Waals surface area contributed by atoms with Gasteiger partial charge in [-0.1, -0.05) is 27.7 Å². The Hall–Kier alpha value is -3.48. The molecular weight excluding hydrogens is 446 g/mol. The molecule has 0 aliphatic rings. The lowest BCUT2D eigenvalue weighted by atomic mass is 10.0. The average Bonchev–Trinajstić information content (AvgIpc) is 3.25. The minimum Gasteiger partial charge on any atom is -0.480 e. The van der Waals surface area contributed by atoms with E-state index in [0.29, 0.717) is 5.69 Å². The number of amides is 4. The predicted molar refractivity (Wildman–Crippen MR) is 122 cm³/mol. The molecule has 1 heterocycles. The highest BCUT2D eigenvalue weighted by molar-refractivity contribution is 5.94. The van der Waals surface area contributed by atoms with Gasteiger partial charge in [-0.2, -0.15) is 0 Å². The molecular formula is C21H35N7O6. The molecule has 0 aromatic carbocycles. The Balaban J connectivity index is 3.01. The van der Waals surface area contributed by atoms with Crippen LogP contribution in [0, 0.1) is 11.8 Å². The van der Waals surface area contributed by atoms with Crippen LogP contribution in [0.25, 0.3) is 0 Å². The second kappa shape index (κ2) is 13.3. The number of carbonyl (C=O) groups is 5. The van der Waals surface area contributed by atoms with Gasteiger partial charge >= 0.3 is 5.97 Å². The van der Waals surface area contributed by atoms with Crippen molar-refractivity contribution >= 4 is 29.6 Å². The molecule has 4 amide bonds. The van der Waals surface area contributed by atoms with Gasteiger partial charge in [-0.3, -0.25) is 19.2 Å². The number of imidazole rings is 1. The van der Waals surface area contributed by atoms with Crippen molar-refractivity contribution in [3.05, 3.63) is 18.2 Å². The molecule has 9 N–H and O–H groups in total. The number of aliphatic carboxylic acids is 1. The molecule has 0 bridgehead atoms. The molecule has 0 saturated carbocycles. The molecule has 0 saturated heterocycles. The van der Waals surface area contributed by atoms with Gasteiger partial charge in [0.15, 0.2) is 0 Å². The quantitative estimate of drug-likeness (QED) is 0.163. The summed E-state index contributed by atoms with van der Waals surface area (Å²) in [6.45, 7) is 6.87. The minimum absolute atomic E-state index is 0.0607. The number of hydrogen-bond donors (Lipinski definition) is 7. The molecule has 1 rings (SSSR count). The van der Waals surface area contributed by atoms with Gasteiger partial charge in [-0.05, 0) is 18.3 Å². The first-order valence-corrected chi connectivity index (χ1v) is 11.0. The van der Waals surface area contributed by atoms with Crippen LogP contribution < -0.4 is 27.4 Å². The Kier molecular flexibility index (Phi) is 11.2. The molecule has 0 radical (unpaired) electrons. The zero-order chi connectivity index (χ0) is 26.0. The summed E-state index contributed by atoms with van der Waals surface area (Å²) in [6, 6.07) is -4.38. The first kappa shape index (κ1) is 28.6. The summed E-state index contributed by atoms with van der Waals surface area (Å²) in [7, 11) is 0. The summed E-state index contributed by atoms with van der Waals surface area (Å²) in [5.41, 5.74) is 11.5. The van der Waals surface area contributed by atoms with E-state index in [4.69, 9.17) is 11.5 Å². The van der Waals surface area contributed by atoms with Gasteiger partial charge in [-0.15, -0.1) is 0 Å². The van der Waals surface area contributed by atoms with Crippen LogP contribution in [-0.2, 0) is 30.4 Å². The lowest BCUT2D eigenvalue weighted by Crippen LogP contribution is -2.59. The Morgan fingerprint density at radius 2 is 1.59 bits per heavy atom. The summed E-state index contributed by atoms with van der Waals surface area (Å²) in [4.78, 5) is 67.6. The van der Waals surface area contributed by atoms with Crippen LogP contribution in [-0.4, -0.2) is 68.8 Å². The van der Waals surface area contributed by atoms with Crippen LogP contribution in [0.3, 0.4) is 0 Å². The average molecular weight is 482 g/mol. The lowest BCUT2D eigenvalue weighted by molar-refractivity contribution is -0.143.